The van der Waals surface area contributed by atoms with Crippen molar-refractivity contribution in [2.24, 2.45) is 0 Å². The number of rotatable bonds is 10. The van der Waals surface area contributed by atoms with Gasteiger partial charge in [-0.05, 0) is 44.2 Å². The minimum absolute atomic E-state index is 0.0180. The van der Waals surface area contributed by atoms with Gasteiger partial charge in [0.15, 0.2) is 5.69 Å². The number of carbonyl (C=O) groups is 2. The fourth-order valence-corrected chi connectivity index (χ4v) is 4.38. The van der Waals surface area contributed by atoms with Crippen LogP contribution in [-0.4, -0.2) is 59.0 Å². The Morgan fingerprint density at radius 1 is 1.31 bits per heavy atom. The van der Waals surface area contributed by atoms with E-state index in [0.29, 0.717) is 49.1 Å². The van der Waals surface area contributed by atoms with Crippen molar-refractivity contribution in [1.29, 1.82) is 0 Å². The monoisotopic (exact) mass is 480 g/mol. The van der Waals surface area contributed by atoms with Crippen molar-refractivity contribution >= 4 is 34.3 Å². The number of esters is 1. The number of hydrogen-bond donors (Lipinski definition) is 3. The van der Waals surface area contributed by atoms with Crippen molar-refractivity contribution in [3.05, 3.63) is 53.9 Å². The van der Waals surface area contributed by atoms with Crippen molar-refractivity contribution < 1.29 is 24.2 Å². The summed E-state index contributed by atoms with van der Waals surface area (Å²) in [4.78, 5) is 30.6. The first kappa shape index (κ1) is 24.7. The highest BCUT2D eigenvalue weighted by Gasteiger charge is 2.30. The average molecular weight is 481 g/mol. The number of aromatic nitrogens is 2. The van der Waals surface area contributed by atoms with Crippen LogP contribution in [0.25, 0.3) is 11.0 Å². The zero-order valence-corrected chi connectivity index (χ0v) is 20.1. The number of pyridine rings is 1. The number of amides is 1. The Bertz CT molecular complexity index is 1170. The highest BCUT2D eigenvalue weighted by Crippen LogP contribution is 2.33. The summed E-state index contributed by atoms with van der Waals surface area (Å²) >= 11 is 0. The lowest BCUT2D eigenvalue weighted by atomic mass is 10.1. The number of anilines is 2. The molecule has 9 heteroatoms. The first-order valence-corrected chi connectivity index (χ1v) is 12.0. The van der Waals surface area contributed by atoms with Crippen LogP contribution in [0.15, 0.2) is 42.6 Å². The van der Waals surface area contributed by atoms with Crippen LogP contribution in [0.1, 0.15) is 42.2 Å². The molecule has 0 saturated carbocycles. The molecule has 186 valence electrons. The Hall–Kier alpha value is -3.43. The summed E-state index contributed by atoms with van der Waals surface area (Å²) in [5, 5.41) is 16.1. The van der Waals surface area contributed by atoms with Gasteiger partial charge in [0.2, 0.25) is 0 Å². The summed E-state index contributed by atoms with van der Waals surface area (Å²) in [5.74, 6) is -0.844. The van der Waals surface area contributed by atoms with Gasteiger partial charge in [-0.2, -0.15) is 0 Å². The predicted octanol–water partition coefficient (Wildman–Crippen LogP) is 3.37. The van der Waals surface area contributed by atoms with Gasteiger partial charge >= 0.3 is 5.97 Å². The smallest absolute Gasteiger partial charge is 0.356 e. The highest BCUT2D eigenvalue weighted by molar-refractivity contribution is 6.12. The number of aliphatic hydroxyl groups is 1. The van der Waals surface area contributed by atoms with Crippen molar-refractivity contribution in [1.82, 2.24) is 9.55 Å². The van der Waals surface area contributed by atoms with E-state index in [4.69, 9.17) is 9.47 Å². The van der Waals surface area contributed by atoms with E-state index in [9.17, 15) is 14.7 Å². The Balaban J connectivity index is 1.78. The average Bonchev–Trinajstić information content (AvgIpc) is 3.50. The van der Waals surface area contributed by atoms with E-state index in [0.717, 1.165) is 17.7 Å². The SMILES string of the molecule is COC(=O)c1c(NC(=O)[C@@H]2CCCO2)c2cc(N[C@@H](C)CCO)cnc2n1CCc1ccccc1. The molecular weight excluding hydrogens is 448 g/mol. The molecule has 2 aromatic heterocycles. The Labute approximate surface area is 204 Å². The number of hydrogen-bond acceptors (Lipinski definition) is 7. The minimum Gasteiger partial charge on any atom is -0.464 e. The highest BCUT2D eigenvalue weighted by atomic mass is 16.5. The molecule has 0 bridgehead atoms. The quantitative estimate of drug-likeness (QED) is 0.381. The van der Waals surface area contributed by atoms with Crippen molar-refractivity contribution in [2.75, 3.05) is 31.0 Å². The minimum atomic E-state index is -0.554. The van der Waals surface area contributed by atoms with Crippen molar-refractivity contribution in [2.45, 2.75) is 51.3 Å². The predicted molar refractivity (Wildman–Crippen MR) is 134 cm³/mol. The van der Waals surface area contributed by atoms with Crippen LogP contribution in [0.5, 0.6) is 0 Å². The second kappa shape index (κ2) is 11.3. The van der Waals surface area contributed by atoms with E-state index in [-0.39, 0.29) is 24.2 Å². The van der Waals surface area contributed by atoms with E-state index in [1.165, 1.54) is 7.11 Å². The normalized spacial score (nSPS) is 16.3. The number of ether oxygens (including phenoxy) is 2. The van der Waals surface area contributed by atoms with E-state index in [2.05, 4.69) is 15.6 Å². The molecular formula is C26H32N4O5. The maximum atomic E-state index is 13.0. The van der Waals surface area contributed by atoms with Gasteiger partial charge in [-0.3, -0.25) is 4.79 Å². The molecule has 2 atom stereocenters. The van der Waals surface area contributed by atoms with Gasteiger partial charge in [-0.1, -0.05) is 30.3 Å². The number of methoxy groups -OCH3 is 1. The van der Waals surface area contributed by atoms with E-state index in [1.54, 1.807) is 10.8 Å². The Morgan fingerprint density at radius 3 is 2.80 bits per heavy atom. The van der Waals surface area contributed by atoms with Crippen LogP contribution in [-0.2, 0) is 27.2 Å². The van der Waals surface area contributed by atoms with Gasteiger partial charge < -0.3 is 29.8 Å². The number of aliphatic hydroxyl groups excluding tert-OH is 1. The fourth-order valence-electron chi connectivity index (χ4n) is 4.38. The van der Waals surface area contributed by atoms with Crippen LogP contribution >= 0.6 is 0 Å². The van der Waals surface area contributed by atoms with Gasteiger partial charge in [0.05, 0.1) is 24.7 Å². The number of nitrogens with zero attached hydrogens (tertiary/aromatic N) is 2. The Morgan fingerprint density at radius 2 is 2.11 bits per heavy atom. The maximum absolute atomic E-state index is 13.0. The lowest BCUT2D eigenvalue weighted by molar-refractivity contribution is -0.124. The van der Waals surface area contributed by atoms with Crippen molar-refractivity contribution in [3.63, 3.8) is 0 Å². The third kappa shape index (κ3) is 5.63. The molecule has 1 saturated heterocycles. The maximum Gasteiger partial charge on any atom is 0.356 e. The largest absolute Gasteiger partial charge is 0.464 e. The molecule has 3 heterocycles. The summed E-state index contributed by atoms with van der Waals surface area (Å²) in [6, 6.07) is 11.9. The van der Waals surface area contributed by atoms with Gasteiger partial charge in [0.1, 0.15) is 11.8 Å². The molecule has 3 N–H and O–H groups in total. The van der Waals surface area contributed by atoms with Gasteiger partial charge in [-0.15, -0.1) is 0 Å². The topological polar surface area (TPSA) is 115 Å². The van der Waals surface area contributed by atoms with E-state index in [1.807, 2.05) is 43.3 Å². The molecule has 0 unspecified atom stereocenters. The molecule has 0 spiro atoms. The summed E-state index contributed by atoms with van der Waals surface area (Å²) in [5.41, 5.74) is 3.03. The zero-order valence-electron chi connectivity index (χ0n) is 20.1. The first-order valence-electron chi connectivity index (χ1n) is 12.0. The standard InChI is InChI=1S/C26H32N4O5/c1-17(11-13-31)28-19-15-20-22(29-25(32)21-9-6-14-35-21)23(26(33)34-2)30(24(20)27-16-19)12-10-18-7-4-3-5-8-18/h3-5,7-8,15-17,21,28,31H,6,9-14H2,1-2H3,(H,29,32)/t17-,21-/m0/s1. The van der Waals surface area contributed by atoms with Crippen LogP contribution in [0.2, 0.25) is 0 Å². The number of carbonyl (C=O) groups excluding carboxylic acids is 2. The number of benzene rings is 1. The molecule has 1 amide bonds. The number of aryl methyl sites for hydroxylation is 2. The molecule has 1 aliphatic heterocycles. The third-order valence-electron chi connectivity index (χ3n) is 6.19. The van der Waals surface area contributed by atoms with Gasteiger partial charge in [0.25, 0.3) is 5.91 Å². The van der Waals surface area contributed by atoms with Gasteiger partial charge in [0, 0.05) is 31.2 Å². The molecule has 1 fully saturated rings. The second-order valence-electron chi connectivity index (χ2n) is 8.75. The summed E-state index contributed by atoms with van der Waals surface area (Å²) in [6.45, 7) is 3.04. The Kier molecular flexibility index (Phi) is 7.99. The number of fused-ring (bicyclic) bond motifs is 1. The van der Waals surface area contributed by atoms with E-state index < -0.39 is 12.1 Å². The fraction of sp³-hybridized carbons (Fsp3) is 0.423. The lowest BCUT2D eigenvalue weighted by Gasteiger charge is -2.14. The summed E-state index contributed by atoms with van der Waals surface area (Å²) in [7, 11) is 1.32. The van der Waals surface area contributed by atoms with Crippen molar-refractivity contribution in [3.8, 4) is 0 Å². The number of nitrogens with one attached hydrogen (secondary N) is 2. The molecule has 0 aliphatic carbocycles. The third-order valence-corrected chi connectivity index (χ3v) is 6.19. The molecule has 1 aliphatic rings. The molecule has 4 rings (SSSR count). The second-order valence-corrected chi connectivity index (χ2v) is 8.75. The zero-order chi connectivity index (χ0) is 24.8. The van der Waals surface area contributed by atoms with Crippen LogP contribution in [0.4, 0.5) is 11.4 Å². The summed E-state index contributed by atoms with van der Waals surface area (Å²) in [6.07, 6.45) is 3.84. The molecule has 35 heavy (non-hydrogen) atoms. The first-order chi connectivity index (χ1) is 17.0. The molecule has 9 nitrogen and oxygen atoms in total. The van der Waals surface area contributed by atoms with Gasteiger partial charge in [-0.25, -0.2) is 9.78 Å². The molecule has 1 aromatic carbocycles. The van der Waals surface area contributed by atoms with Crippen LogP contribution < -0.4 is 10.6 Å². The molecule has 3 aromatic rings. The van der Waals surface area contributed by atoms with Crippen LogP contribution in [0, 0.1) is 0 Å². The van der Waals surface area contributed by atoms with E-state index >= 15 is 0 Å². The molecule has 0 radical (unpaired) electrons. The van der Waals surface area contributed by atoms with Crippen LogP contribution in [0.3, 0.4) is 0 Å². The lowest BCUT2D eigenvalue weighted by Crippen LogP contribution is -2.28. The summed E-state index contributed by atoms with van der Waals surface area (Å²) < 4.78 is 12.5.